The van der Waals surface area contributed by atoms with Gasteiger partial charge in [0.15, 0.2) is 11.6 Å². The summed E-state index contributed by atoms with van der Waals surface area (Å²) in [4.78, 5) is 13.1. The second-order valence-electron chi connectivity index (χ2n) is 7.33. The maximum atomic E-state index is 13.1. The number of anilines is 1. The third-order valence-corrected chi connectivity index (χ3v) is 5.25. The molecule has 0 aliphatic carbocycles. The highest BCUT2D eigenvalue weighted by atomic mass is 16.5. The van der Waals surface area contributed by atoms with Crippen molar-refractivity contribution < 1.29 is 18.7 Å². The highest BCUT2D eigenvalue weighted by molar-refractivity contribution is 6.06. The average molecular weight is 439 g/mol. The van der Waals surface area contributed by atoms with Crippen LogP contribution in [0.15, 0.2) is 89.3 Å². The van der Waals surface area contributed by atoms with Crippen molar-refractivity contribution in [2.45, 2.75) is 6.61 Å². The molecule has 164 valence electrons. The quantitative estimate of drug-likeness (QED) is 0.341. The molecule has 2 heterocycles. The lowest BCUT2D eigenvalue weighted by Crippen LogP contribution is -2.14. The average Bonchev–Trinajstić information content (AvgIpc) is 3.48. The molecule has 0 saturated heterocycles. The number of H-pyrrole nitrogens is 1. The number of carbonyl (C=O) groups is 1. The largest absolute Gasteiger partial charge is 0.496 e. The van der Waals surface area contributed by atoms with Crippen LogP contribution in [0.5, 0.6) is 11.5 Å². The summed E-state index contributed by atoms with van der Waals surface area (Å²) in [6, 6.07) is 26.3. The first-order chi connectivity index (χ1) is 16.2. The minimum absolute atomic E-state index is 0.189. The molecule has 1 amide bonds. The van der Waals surface area contributed by atoms with E-state index in [4.69, 9.17) is 13.9 Å². The summed E-state index contributed by atoms with van der Waals surface area (Å²) in [7, 11) is 1.61. The number of fused-ring (bicyclic) bond motifs is 1. The van der Waals surface area contributed by atoms with Gasteiger partial charge in [-0.15, -0.1) is 0 Å². The van der Waals surface area contributed by atoms with Crippen molar-refractivity contribution in [3.63, 3.8) is 0 Å². The standard InChI is InChI=1S/C26H21N3O4/c1-31-22-13-7-6-12-19(22)21-15-24(29-28-21)27-26(30)25-20(16-32-17-9-3-2-4-10-17)18-11-5-8-14-23(18)33-25/h2-15H,16H2,1H3,(H2,27,28,29,30). The van der Waals surface area contributed by atoms with Crippen molar-refractivity contribution in [3.8, 4) is 22.8 Å². The molecule has 33 heavy (non-hydrogen) atoms. The van der Waals surface area contributed by atoms with Crippen molar-refractivity contribution >= 4 is 22.7 Å². The highest BCUT2D eigenvalue weighted by Gasteiger charge is 2.22. The molecule has 2 aromatic heterocycles. The molecule has 0 aliphatic heterocycles. The number of aromatic amines is 1. The normalized spacial score (nSPS) is 10.8. The fourth-order valence-corrected chi connectivity index (χ4v) is 3.66. The molecule has 0 saturated carbocycles. The lowest BCUT2D eigenvalue weighted by Gasteiger charge is -2.07. The summed E-state index contributed by atoms with van der Waals surface area (Å²) < 4.78 is 17.2. The van der Waals surface area contributed by atoms with Crippen LogP contribution in [-0.4, -0.2) is 23.2 Å². The van der Waals surface area contributed by atoms with Crippen molar-refractivity contribution in [1.82, 2.24) is 10.2 Å². The monoisotopic (exact) mass is 439 g/mol. The number of methoxy groups -OCH3 is 1. The molecular formula is C26H21N3O4. The minimum Gasteiger partial charge on any atom is -0.496 e. The SMILES string of the molecule is COc1ccccc1-c1cc(NC(=O)c2oc3ccccc3c2COc2ccccc2)n[nH]1. The van der Waals surface area contributed by atoms with E-state index in [1.807, 2.05) is 78.9 Å². The summed E-state index contributed by atoms with van der Waals surface area (Å²) in [5.74, 6) is 1.57. The number of carbonyl (C=O) groups excluding carboxylic acids is 1. The van der Waals surface area contributed by atoms with Gasteiger partial charge in [-0.2, -0.15) is 5.10 Å². The molecule has 7 heteroatoms. The zero-order chi connectivity index (χ0) is 22.6. The molecule has 0 spiro atoms. The van der Waals surface area contributed by atoms with E-state index >= 15 is 0 Å². The minimum atomic E-state index is -0.407. The first-order valence-electron chi connectivity index (χ1n) is 10.4. The third kappa shape index (κ3) is 4.16. The van der Waals surface area contributed by atoms with Crippen molar-refractivity contribution in [1.29, 1.82) is 0 Å². The number of rotatable bonds is 7. The van der Waals surface area contributed by atoms with Gasteiger partial charge in [0.2, 0.25) is 0 Å². The molecule has 0 unspecified atom stereocenters. The Morgan fingerprint density at radius 1 is 1.00 bits per heavy atom. The Morgan fingerprint density at radius 2 is 1.76 bits per heavy atom. The zero-order valence-electron chi connectivity index (χ0n) is 17.9. The van der Waals surface area contributed by atoms with Crippen LogP contribution in [0.3, 0.4) is 0 Å². The highest BCUT2D eigenvalue weighted by Crippen LogP contribution is 2.31. The van der Waals surface area contributed by atoms with Gasteiger partial charge in [0.05, 0.1) is 12.8 Å². The zero-order valence-corrected chi connectivity index (χ0v) is 17.9. The van der Waals surface area contributed by atoms with Crippen molar-refractivity contribution in [3.05, 3.63) is 96.3 Å². The predicted molar refractivity (Wildman–Crippen MR) is 126 cm³/mol. The summed E-state index contributed by atoms with van der Waals surface area (Å²) in [5.41, 5.74) is 2.85. The number of amides is 1. The van der Waals surface area contributed by atoms with Gasteiger partial charge in [-0.05, 0) is 30.3 Å². The van der Waals surface area contributed by atoms with Gasteiger partial charge >= 0.3 is 0 Å². The molecule has 3 aromatic carbocycles. The number of aromatic nitrogens is 2. The van der Waals surface area contributed by atoms with Crippen LogP contribution in [-0.2, 0) is 6.61 Å². The topological polar surface area (TPSA) is 89.4 Å². The van der Waals surface area contributed by atoms with Gasteiger partial charge in [0, 0.05) is 22.6 Å². The van der Waals surface area contributed by atoms with Crippen LogP contribution in [0.1, 0.15) is 16.1 Å². The molecule has 0 radical (unpaired) electrons. The molecule has 5 rings (SSSR count). The Kier molecular flexibility index (Phi) is 5.51. The molecular weight excluding hydrogens is 418 g/mol. The van der Waals surface area contributed by atoms with E-state index in [-0.39, 0.29) is 12.4 Å². The lowest BCUT2D eigenvalue weighted by atomic mass is 10.1. The Bertz CT molecular complexity index is 1410. The lowest BCUT2D eigenvalue weighted by molar-refractivity contribution is 0.0995. The van der Waals surface area contributed by atoms with E-state index < -0.39 is 5.91 Å². The third-order valence-electron chi connectivity index (χ3n) is 5.25. The summed E-state index contributed by atoms with van der Waals surface area (Å²) in [5, 5.41) is 10.8. The van der Waals surface area contributed by atoms with Crippen LogP contribution in [0.25, 0.3) is 22.2 Å². The van der Waals surface area contributed by atoms with Crippen molar-refractivity contribution in [2.24, 2.45) is 0 Å². The van der Waals surface area contributed by atoms with Gasteiger partial charge in [-0.25, -0.2) is 0 Å². The Balaban J connectivity index is 1.41. The number of nitrogens with zero attached hydrogens (tertiary/aromatic N) is 1. The van der Waals surface area contributed by atoms with Gasteiger partial charge in [-0.1, -0.05) is 48.5 Å². The van der Waals surface area contributed by atoms with Crippen LogP contribution in [0.4, 0.5) is 5.82 Å². The summed E-state index contributed by atoms with van der Waals surface area (Å²) in [6.45, 7) is 0.191. The number of nitrogens with one attached hydrogen (secondary N) is 2. The Morgan fingerprint density at radius 3 is 2.61 bits per heavy atom. The number of furan rings is 1. The fraction of sp³-hybridized carbons (Fsp3) is 0.0769. The molecule has 0 atom stereocenters. The fourth-order valence-electron chi connectivity index (χ4n) is 3.66. The van der Waals surface area contributed by atoms with E-state index in [0.29, 0.717) is 28.5 Å². The van der Waals surface area contributed by atoms with E-state index in [9.17, 15) is 4.79 Å². The van der Waals surface area contributed by atoms with E-state index in [2.05, 4.69) is 15.5 Å². The Hall–Kier alpha value is -4.52. The summed E-state index contributed by atoms with van der Waals surface area (Å²) >= 11 is 0. The van der Waals surface area contributed by atoms with E-state index in [1.165, 1.54) is 0 Å². The Labute approximate surface area is 190 Å². The van der Waals surface area contributed by atoms with Crippen LogP contribution in [0.2, 0.25) is 0 Å². The maximum absolute atomic E-state index is 13.1. The molecule has 5 aromatic rings. The van der Waals surface area contributed by atoms with Crippen LogP contribution < -0.4 is 14.8 Å². The van der Waals surface area contributed by atoms with Gasteiger partial charge in [0.25, 0.3) is 5.91 Å². The second kappa shape index (κ2) is 8.92. The second-order valence-corrected chi connectivity index (χ2v) is 7.33. The van der Waals surface area contributed by atoms with Gasteiger partial charge < -0.3 is 19.2 Å². The number of hydrogen-bond donors (Lipinski definition) is 2. The van der Waals surface area contributed by atoms with E-state index in [0.717, 1.165) is 16.6 Å². The first kappa shape index (κ1) is 20.4. The number of benzene rings is 3. The molecule has 2 N–H and O–H groups in total. The molecule has 0 fully saturated rings. The number of ether oxygens (including phenoxy) is 2. The van der Waals surface area contributed by atoms with Gasteiger partial charge in [-0.3, -0.25) is 9.89 Å². The predicted octanol–water partition coefficient (Wildman–Crippen LogP) is 5.66. The molecule has 7 nitrogen and oxygen atoms in total. The maximum Gasteiger partial charge on any atom is 0.293 e. The first-order valence-corrected chi connectivity index (χ1v) is 10.4. The van der Waals surface area contributed by atoms with Crippen LogP contribution >= 0.6 is 0 Å². The number of para-hydroxylation sites is 3. The smallest absolute Gasteiger partial charge is 0.293 e. The summed E-state index contributed by atoms with van der Waals surface area (Å²) in [6.07, 6.45) is 0. The van der Waals surface area contributed by atoms with E-state index in [1.54, 1.807) is 13.2 Å². The van der Waals surface area contributed by atoms with Gasteiger partial charge in [0.1, 0.15) is 23.7 Å². The number of hydrogen-bond acceptors (Lipinski definition) is 5. The molecule has 0 aliphatic rings. The van der Waals surface area contributed by atoms with Crippen molar-refractivity contribution in [2.75, 3.05) is 12.4 Å². The molecule has 0 bridgehead atoms. The van der Waals surface area contributed by atoms with Crippen LogP contribution in [0, 0.1) is 0 Å².